The number of primary sulfonamides is 1. The van der Waals surface area contributed by atoms with Crippen molar-refractivity contribution < 1.29 is 17.9 Å². The van der Waals surface area contributed by atoms with Crippen molar-refractivity contribution in [1.29, 1.82) is 0 Å². The van der Waals surface area contributed by atoms with E-state index in [4.69, 9.17) is 9.88 Å². The molecule has 2 aromatic carbocycles. The molecule has 0 radical (unpaired) electrons. The smallest absolute Gasteiger partial charge is 0.321 e. The van der Waals surface area contributed by atoms with Gasteiger partial charge in [-0.05, 0) is 42.8 Å². The van der Waals surface area contributed by atoms with Crippen molar-refractivity contribution in [2.45, 2.75) is 18.4 Å². The fourth-order valence-corrected chi connectivity index (χ4v) is 3.74. The zero-order valence-corrected chi connectivity index (χ0v) is 17.2. The van der Waals surface area contributed by atoms with Gasteiger partial charge in [0.1, 0.15) is 5.75 Å². The van der Waals surface area contributed by atoms with Crippen LogP contribution in [0.2, 0.25) is 0 Å². The number of hydrogen-bond acceptors (Lipinski definition) is 5. The maximum atomic E-state index is 12.5. The molecule has 1 aliphatic rings. The van der Waals surface area contributed by atoms with Crippen LogP contribution in [0.5, 0.6) is 5.75 Å². The molecule has 1 fully saturated rings. The number of carbonyl (C=O) groups is 1. The molecule has 1 heterocycles. The van der Waals surface area contributed by atoms with Gasteiger partial charge in [0.25, 0.3) is 0 Å². The number of sulfonamides is 1. The molecule has 3 rings (SSSR count). The standard InChI is InChI=1S/C20H26N4O4S/c1-2-28-18-8-6-16(7-9-18)15-23-10-12-24(13-11-23)20(25)22-17-4-3-5-19(14-17)29(21,26)27/h3-9,14H,2,10-13,15H2,1H3,(H,22,25)(H2,21,26,27). The Morgan fingerprint density at radius 3 is 2.41 bits per heavy atom. The average molecular weight is 419 g/mol. The fraction of sp³-hybridized carbons (Fsp3) is 0.350. The number of nitrogens with two attached hydrogens (primary N) is 1. The van der Waals surface area contributed by atoms with Crippen molar-refractivity contribution in [1.82, 2.24) is 9.80 Å². The van der Waals surface area contributed by atoms with E-state index in [2.05, 4.69) is 22.3 Å². The summed E-state index contributed by atoms with van der Waals surface area (Å²) in [5.41, 5.74) is 1.60. The Morgan fingerprint density at radius 1 is 1.10 bits per heavy atom. The van der Waals surface area contributed by atoms with Gasteiger partial charge < -0.3 is 15.0 Å². The van der Waals surface area contributed by atoms with Crippen LogP contribution in [-0.2, 0) is 16.6 Å². The van der Waals surface area contributed by atoms with Crippen molar-refractivity contribution in [2.75, 3.05) is 38.1 Å². The first-order valence-electron chi connectivity index (χ1n) is 9.48. The first kappa shape index (κ1) is 21.1. The second-order valence-electron chi connectivity index (χ2n) is 6.84. The van der Waals surface area contributed by atoms with Gasteiger partial charge in [-0.15, -0.1) is 0 Å². The SMILES string of the molecule is CCOc1ccc(CN2CCN(C(=O)Nc3cccc(S(N)(=O)=O)c3)CC2)cc1. The summed E-state index contributed by atoms with van der Waals surface area (Å²) in [6.07, 6.45) is 0. The number of piperazine rings is 1. The third kappa shape index (κ3) is 5.93. The maximum Gasteiger partial charge on any atom is 0.321 e. The highest BCUT2D eigenvalue weighted by molar-refractivity contribution is 7.89. The zero-order valence-electron chi connectivity index (χ0n) is 16.4. The average Bonchev–Trinajstić information content (AvgIpc) is 2.70. The Bertz CT molecular complexity index is 939. The van der Waals surface area contributed by atoms with Gasteiger partial charge in [0.2, 0.25) is 10.0 Å². The summed E-state index contributed by atoms with van der Waals surface area (Å²) in [6.45, 7) is 6.14. The molecule has 1 aliphatic heterocycles. The number of amides is 2. The third-order valence-electron chi connectivity index (χ3n) is 4.71. The minimum absolute atomic E-state index is 0.0320. The lowest BCUT2D eigenvalue weighted by Crippen LogP contribution is -2.49. The minimum Gasteiger partial charge on any atom is -0.494 e. The number of nitrogens with zero attached hydrogens (tertiary/aromatic N) is 2. The molecule has 2 aromatic rings. The van der Waals surface area contributed by atoms with Gasteiger partial charge >= 0.3 is 6.03 Å². The number of benzene rings is 2. The summed E-state index contributed by atoms with van der Waals surface area (Å²) >= 11 is 0. The van der Waals surface area contributed by atoms with Crippen LogP contribution < -0.4 is 15.2 Å². The van der Waals surface area contributed by atoms with Crippen LogP contribution in [0, 0.1) is 0 Å². The normalized spacial score (nSPS) is 15.2. The van der Waals surface area contributed by atoms with Crippen LogP contribution in [0.4, 0.5) is 10.5 Å². The largest absolute Gasteiger partial charge is 0.494 e. The number of ether oxygens (including phenoxy) is 1. The number of nitrogens with one attached hydrogen (secondary N) is 1. The molecule has 0 bridgehead atoms. The summed E-state index contributed by atoms with van der Waals surface area (Å²) < 4.78 is 28.4. The first-order valence-corrected chi connectivity index (χ1v) is 11.0. The van der Waals surface area contributed by atoms with E-state index in [1.54, 1.807) is 17.0 Å². The highest BCUT2D eigenvalue weighted by atomic mass is 32.2. The quantitative estimate of drug-likeness (QED) is 0.747. The molecule has 0 aromatic heterocycles. The molecule has 0 aliphatic carbocycles. The lowest BCUT2D eigenvalue weighted by atomic mass is 10.2. The van der Waals surface area contributed by atoms with Crippen LogP contribution >= 0.6 is 0 Å². The summed E-state index contributed by atoms with van der Waals surface area (Å²) in [4.78, 5) is 16.5. The number of urea groups is 1. The van der Waals surface area contributed by atoms with E-state index >= 15 is 0 Å². The maximum absolute atomic E-state index is 12.5. The van der Waals surface area contributed by atoms with Crippen LogP contribution in [0.15, 0.2) is 53.4 Å². The summed E-state index contributed by atoms with van der Waals surface area (Å²) in [6, 6.07) is 13.7. The van der Waals surface area contributed by atoms with Gasteiger partial charge in [-0.3, -0.25) is 4.90 Å². The Kier molecular flexibility index (Phi) is 6.73. The Labute approximate surface area is 171 Å². The minimum atomic E-state index is -3.81. The van der Waals surface area contributed by atoms with E-state index in [0.29, 0.717) is 25.4 Å². The van der Waals surface area contributed by atoms with E-state index in [1.807, 2.05) is 19.1 Å². The van der Waals surface area contributed by atoms with Gasteiger partial charge in [-0.1, -0.05) is 18.2 Å². The van der Waals surface area contributed by atoms with Gasteiger partial charge in [0.05, 0.1) is 11.5 Å². The summed E-state index contributed by atoms with van der Waals surface area (Å²) in [7, 11) is -3.81. The monoisotopic (exact) mass is 418 g/mol. The van der Waals surface area contributed by atoms with E-state index in [0.717, 1.165) is 25.4 Å². The Balaban J connectivity index is 1.50. The van der Waals surface area contributed by atoms with Gasteiger partial charge in [0, 0.05) is 38.4 Å². The molecule has 29 heavy (non-hydrogen) atoms. The lowest BCUT2D eigenvalue weighted by Gasteiger charge is -2.34. The summed E-state index contributed by atoms with van der Waals surface area (Å²) in [5.74, 6) is 0.865. The molecular weight excluding hydrogens is 392 g/mol. The van der Waals surface area contributed by atoms with Crippen molar-refractivity contribution >= 4 is 21.7 Å². The highest BCUT2D eigenvalue weighted by Crippen LogP contribution is 2.17. The molecule has 156 valence electrons. The summed E-state index contributed by atoms with van der Waals surface area (Å²) in [5, 5.41) is 7.88. The van der Waals surface area contributed by atoms with Crippen molar-refractivity contribution in [3.05, 3.63) is 54.1 Å². The van der Waals surface area contributed by atoms with E-state index in [1.165, 1.54) is 17.7 Å². The molecule has 1 saturated heterocycles. The number of rotatable bonds is 6. The van der Waals surface area contributed by atoms with Gasteiger partial charge in [-0.2, -0.15) is 0 Å². The molecule has 0 spiro atoms. The molecule has 3 N–H and O–H groups in total. The van der Waals surface area contributed by atoms with E-state index < -0.39 is 10.0 Å². The molecular formula is C20H26N4O4S. The second-order valence-corrected chi connectivity index (χ2v) is 8.40. The van der Waals surface area contributed by atoms with Crippen LogP contribution in [0.1, 0.15) is 12.5 Å². The Morgan fingerprint density at radius 2 is 1.79 bits per heavy atom. The predicted molar refractivity (Wildman–Crippen MR) is 111 cm³/mol. The molecule has 0 unspecified atom stereocenters. The third-order valence-corrected chi connectivity index (χ3v) is 5.62. The van der Waals surface area contributed by atoms with Crippen molar-refractivity contribution in [2.24, 2.45) is 5.14 Å². The zero-order chi connectivity index (χ0) is 20.9. The first-order chi connectivity index (χ1) is 13.8. The molecule has 9 heteroatoms. The van der Waals surface area contributed by atoms with Crippen molar-refractivity contribution in [3.63, 3.8) is 0 Å². The van der Waals surface area contributed by atoms with E-state index in [9.17, 15) is 13.2 Å². The lowest BCUT2D eigenvalue weighted by molar-refractivity contribution is 0.143. The molecule has 8 nitrogen and oxygen atoms in total. The topological polar surface area (TPSA) is 105 Å². The number of anilines is 1. The number of hydrogen-bond donors (Lipinski definition) is 2. The molecule has 0 atom stereocenters. The van der Waals surface area contributed by atoms with Crippen molar-refractivity contribution in [3.8, 4) is 5.75 Å². The molecule has 2 amide bonds. The van der Waals surface area contributed by atoms with Gasteiger partial charge in [-0.25, -0.2) is 18.4 Å². The van der Waals surface area contributed by atoms with Crippen LogP contribution in [-0.4, -0.2) is 57.0 Å². The Hall–Kier alpha value is -2.62. The molecule has 0 saturated carbocycles. The number of carbonyl (C=O) groups excluding carboxylic acids is 1. The predicted octanol–water partition coefficient (Wildman–Crippen LogP) is 2.08. The van der Waals surface area contributed by atoms with Crippen LogP contribution in [0.3, 0.4) is 0 Å². The van der Waals surface area contributed by atoms with Crippen LogP contribution in [0.25, 0.3) is 0 Å². The second kappa shape index (κ2) is 9.25. The highest BCUT2D eigenvalue weighted by Gasteiger charge is 2.21. The van der Waals surface area contributed by atoms with E-state index in [-0.39, 0.29) is 10.9 Å². The van der Waals surface area contributed by atoms with Gasteiger partial charge in [0.15, 0.2) is 0 Å². The fourth-order valence-electron chi connectivity index (χ4n) is 3.18.